The van der Waals surface area contributed by atoms with Gasteiger partial charge in [0.2, 0.25) is 21.1 Å². The van der Waals surface area contributed by atoms with Crippen LogP contribution in [0.25, 0.3) is 5.69 Å². The minimum Gasteiger partial charge on any atom is -0.325 e. The molecule has 1 aliphatic heterocycles. The van der Waals surface area contributed by atoms with E-state index in [2.05, 4.69) is 20.8 Å². The topological polar surface area (TPSA) is 110 Å². The van der Waals surface area contributed by atoms with Crippen LogP contribution in [0.5, 0.6) is 0 Å². The van der Waals surface area contributed by atoms with Gasteiger partial charge in [0.1, 0.15) is 6.04 Å². The van der Waals surface area contributed by atoms with Crippen molar-refractivity contribution in [3.8, 4) is 5.69 Å². The van der Waals surface area contributed by atoms with Crippen LogP contribution in [0, 0.1) is 6.92 Å². The molecule has 0 unspecified atom stereocenters. The van der Waals surface area contributed by atoms with E-state index < -0.39 is 16.1 Å². The molecule has 1 amide bonds. The van der Waals surface area contributed by atoms with Crippen molar-refractivity contribution in [1.82, 2.24) is 24.5 Å². The molecular weight excluding hydrogens is 436 g/mol. The highest BCUT2D eigenvalue weighted by Gasteiger charge is 2.39. The van der Waals surface area contributed by atoms with Crippen molar-refractivity contribution in [2.45, 2.75) is 35.9 Å². The molecule has 2 aromatic carbocycles. The number of nitrogens with one attached hydrogen (secondary N) is 1. The van der Waals surface area contributed by atoms with Crippen LogP contribution in [-0.2, 0) is 14.8 Å². The standard InChI is InChI=1S/C20H22N6O3S2/c1-14-8-10-17(11-9-14)31(28,29)25-12-4-7-18(25)19(27)21-15-5-3-6-16(13-15)26-20(30-2)22-23-24-26/h3,5-6,8-11,13,18H,4,7,12H2,1-2H3,(H,21,27)/t18-/m0/s1. The summed E-state index contributed by atoms with van der Waals surface area (Å²) in [5.41, 5.74) is 2.22. The van der Waals surface area contributed by atoms with E-state index in [-0.39, 0.29) is 10.8 Å². The Morgan fingerprint density at radius 2 is 1.97 bits per heavy atom. The van der Waals surface area contributed by atoms with Gasteiger partial charge in [-0.15, -0.1) is 5.10 Å². The third-order valence-corrected chi connectivity index (χ3v) is 7.66. The molecule has 1 fully saturated rings. The monoisotopic (exact) mass is 458 g/mol. The fraction of sp³-hybridized carbons (Fsp3) is 0.300. The first-order valence-electron chi connectivity index (χ1n) is 9.72. The van der Waals surface area contributed by atoms with Crippen molar-refractivity contribution in [3.63, 3.8) is 0 Å². The third kappa shape index (κ3) is 4.34. The average molecular weight is 459 g/mol. The zero-order chi connectivity index (χ0) is 22.0. The first-order chi connectivity index (χ1) is 14.9. The summed E-state index contributed by atoms with van der Waals surface area (Å²) in [5, 5.41) is 15.1. The molecule has 162 valence electrons. The smallest absolute Gasteiger partial charge is 0.243 e. The van der Waals surface area contributed by atoms with E-state index in [9.17, 15) is 13.2 Å². The molecule has 9 nitrogen and oxygen atoms in total. The highest BCUT2D eigenvalue weighted by Crippen LogP contribution is 2.27. The van der Waals surface area contributed by atoms with Gasteiger partial charge in [0.05, 0.1) is 10.6 Å². The molecule has 0 bridgehead atoms. The quantitative estimate of drug-likeness (QED) is 0.565. The summed E-state index contributed by atoms with van der Waals surface area (Å²) in [5.74, 6) is -0.354. The summed E-state index contributed by atoms with van der Waals surface area (Å²) in [6.07, 6.45) is 2.97. The van der Waals surface area contributed by atoms with Crippen LogP contribution in [0.1, 0.15) is 18.4 Å². The van der Waals surface area contributed by atoms with Gasteiger partial charge in [-0.3, -0.25) is 4.79 Å². The maximum absolute atomic E-state index is 13.1. The number of aryl methyl sites for hydroxylation is 1. The second kappa shape index (κ2) is 8.77. The number of tetrazole rings is 1. The zero-order valence-corrected chi connectivity index (χ0v) is 18.7. The summed E-state index contributed by atoms with van der Waals surface area (Å²) in [6, 6.07) is 13.0. The highest BCUT2D eigenvalue weighted by molar-refractivity contribution is 7.98. The molecule has 1 atom stereocenters. The van der Waals surface area contributed by atoms with Crippen molar-refractivity contribution in [2.75, 3.05) is 18.1 Å². The molecule has 1 saturated heterocycles. The Morgan fingerprint density at radius 1 is 1.19 bits per heavy atom. The minimum absolute atomic E-state index is 0.197. The molecule has 31 heavy (non-hydrogen) atoms. The fourth-order valence-electron chi connectivity index (χ4n) is 3.54. The summed E-state index contributed by atoms with van der Waals surface area (Å²) in [7, 11) is -3.76. The molecule has 1 N–H and O–H groups in total. The lowest BCUT2D eigenvalue weighted by atomic mass is 10.2. The van der Waals surface area contributed by atoms with Crippen LogP contribution in [0.3, 0.4) is 0 Å². The lowest BCUT2D eigenvalue weighted by molar-refractivity contribution is -0.119. The Morgan fingerprint density at radius 3 is 2.71 bits per heavy atom. The molecule has 0 aliphatic carbocycles. The number of rotatable bonds is 6. The Bertz CT molecular complexity index is 1190. The van der Waals surface area contributed by atoms with Crippen LogP contribution < -0.4 is 5.32 Å². The largest absolute Gasteiger partial charge is 0.325 e. The number of amides is 1. The SMILES string of the molecule is CSc1nnnn1-c1cccc(NC(=O)[C@@H]2CCCN2S(=O)(=O)c2ccc(C)cc2)c1. The van der Waals surface area contributed by atoms with E-state index in [1.165, 1.54) is 16.1 Å². The number of thioether (sulfide) groups is 1. The van der Waals surface area contributed by atoms with Gasteiger partial charge in [0.15, 0.2) is 0 Å². The predicted molar refractivity (Wildman–Crippen MR) is 118 cm³/mol. The lowest BCUT2D eigenvalue weighted by Crippen LogP contribution is -2.43. The second-order valence-electron chi connectivity index (χ2n) is 7.20. The van der Waals surface area contributed by atoms with Crippen molar-refractivity contribution in [1.29, 1.82) is 0 Å². The average Bonchev–Trinajstić information content (AvgIpc) is 3.44. The van der Waals surface area contributed by atoms with Gasteiger partial charge in [0.25, 0.3) is 0 Å². The van der Waals surface area contributed by atoms with Gasteiger partial charge >= 0.3 is 0 Å². The Hall–Kier alpha value is -2.76. The summed E-state index contributed by atoms with van der Waals surface area (Å²) >= 11 is 1.40. The zero-order valence-electron chi connectivity index (χ0n) is 17.1. The molecular formula is C20H22N6O3S2. The number of nitrogens with zero attached hydrogens (tertiary/aromatic N) is 5. The number of sulfonamides is 1. The third-order valence-electron chi connectivity index (χ3n) is 5.12. The van der Waals surface area contributed by atoms with Gasteiger partial charge in [-0.1, -0.05) is 35.5 Å². The minimum atomic E-state index is -3.76. The number of aromatic nitrogens is 4. The van der Waals surface area contributed by atoms with Crippen LogP contribution >= 0.6 is 11.8 Å². The first-order valence-corrected chi connectivity index (χ1v) is 12.4. The molecule has 1 aromatic heterocycles. The van der Waals surface area contributed by atoms with Crippen LogP contribution in [0.4, 0.5) is 5.69 Å². The number of carbonyl (C=O) groups is 1. The van der Waals surface area contributed by atoms with Crippen molar-refractivity contribution >= 4 is 33.4 Å². The van der Waals surface area contributed by atoms with Crippen molar-refractivity contribution in [3.05, 3.63) is 54.1 Å². The van der Waals surface area contributed by atoms with Gasteiger partial charge in [-0.25, -0.2) is 8.42 Å². The van der Waals surface area contributed by atoms with Crippen molar-refractivity contribution in [2.24, 2.45) is 0 Å². The molecule has 11 heteroatoms. The van der Waals surface area contributed by atoms with Gasteiger partial charge < -0.3 is 5.32 Å². The van der Waals surface area contributed by atoms with Gasteiger partial charge in [-0.05, 0) is 66.8 Å². The Labute approximate surface area is 184 Å². The Kier molecular flexibility index (Phi) is 6.08. The number of hydrogen-bond acceptors (Lipinski definition) is 7. The number of hydrogen-bond donors (Lipinski definition) is 1. The van der Waals surface area contributed by atoms with Gasteiger partial charge in [0, 0.05) is 12.2 Å². The molecule has 0 saturated carbocycles. The van der Waals surface area contributed by atoms with E-state index in [1.807, 2.05) is 19.2 Å². The fourth-order valence-corrected chi connectivity index (χ4v) is 5.63. The first kappa shape index (κ1) is 21.5. The molecule has 0 radical (unpaired) electrons. The molecule has 1 aliphatic rings. The number of benzene rings is 2. The van der Waals surface area contributed by atoms with Crippen LogP contribution in [-0.4, -0.2) is 57.7 Å². The lowest BCUT2D eigenvalue weighted by Gasteiger charge is -2.23. The van der Waals surface area contributed by atoms with Gasteiger partial charge in [-0.2, -0.15) is 8.99 Å². The number of anilines is 1. The number of carbonyl (C=O) groups excluding carboxylic acids is 1. The molecule has 3 aromatic rings. The van der Waals surface area contributed by atoms with E-state index >= 15 is 0 Å². The molecule has 0 spiro atoms. The van der Waals surface area contributed by atoms with E-state index in [1.54, 1.807) is 47.1 Å². The predicted octanol–water partition coefficient (Wildman–Crippen LogP) is 2.48. The maximum Gasteiger partial charge on any atom is 0.243 e. The summed E-state index contributed by atoms with van der Waals surface area (Å²) in [6.45, 7) is 2.21. The maximum atomic E-state index is 13.1. The van der Waals surface area contributed by atoms with E-state index in [0.29, 0.717) is 35.9 Å². The summed E-state index contributed by atoms with van der Waals surface area (Å²) in [4.78, 5) is 13.2. The Balaban J connectivity index is 1.54. The van der Waals surface area contributed by atoms with Crippen LogP contribution in [0.15, 0.2) is 58.6 Å². The second-order valence-corrected chi connectivity index (χ2v) is 9.87. The summed E-state index contributed by atoms with van der Waals surface area (Å²) < 4.78 is 29.1. The van der Waals surface area contributed by atoms with E-state index in [0.717, 1.165) is 5.56 Å². The normalized spacial score (nSPS) is 17.0. The molecule has 4 rings (SSSR count). The highest BCUT2D eigenvalue weighted by atomic mass is 32.2. The van der Waals surface area contributed by atoms with Crippen molar-refractivity contribution < 1.29 is 13.2 Å². The van der Waals surface area contributed by atoms with Crippen LogP contribution in [0.2, 0.25) is 0 Å². The molecule has 2 heterocycles. The van der Waals surface area contributed by atoms with E-state index in [4.69, 9.17) is 0 Å².